The van der Waals surface area contributed by atoms with Crippen LogP contribution in [0.2, 0.25) is 0 Å². The van der Waals surface area contributed by atoms with Gasteiger partial charge in [0.1, 0.15) is 0 Å². The van der Waals surface area contributed by atoms with Gasteiger partial charge in [-0.05, 0) is 43.7 Å². The summed E-state index contributed by atoms with van der Waals surface area (Å²) < 4.78 is 0. The molecule has 1 aliphatic carbocycles. The summed E-state index contributed by atoms with van der Waals surface area (Å²) in [4.78, 5) is 28.5. The number of aliphatic carboxylic acids is 1. The van der Waals surface area contributed by atoms with Gasteiger partial charge in [0.2, 0.25) is 5.91 Å². The minimum absolute atomic E-state index is 0. The maximum atomic E-state index is 12.9. The second kappa shape index (κ2) is 7.97. The molecule has 1 unspecified atom stereocenters. The van der Waals surface area contributed by atoms with Crippen LogP contribution in [0, 0.1) is 18.3 Å². The minimum Gasteiger partial charge on any atom is -0.481 e. The van der Waals surface area contributed by atoms with E-state index < -0.39 is 11.4 Å². The van der Waals surface area contributed by atoms with Crippen LogP contribution in [0.15, 0.2) is 24.3 Å². The molecule has 6 heteroatoms. The molecule has 0 aromatic heterocycles. The van der Waals surface area contributed by atoms with Crippen molar-refractivity contribution in [1.29, 1.82) is 0 Å². The van der Waals surface area contributed by atoms with Crippen molar-refractivity contribution in [2.75, 3.05) is 20.1 Å². The number of carboxylic acid groups (broad SMARTS) is 1. The molecule has 26 heavy (non-hydrogen) atoms. The fourth-order valence-electron chi connectivity index (χ4n) is 4.57. The zero-order valence-corrected chi connectivity index (χ0v) is 16.6. The lowest BCUT2D eigenvalue weighted by atomic mass is 9.81. The Kier molecular flexibility index (Phi) is 6.35. The number of likely N-dealkylation sites (tertiary alicyclic amines) is 1. The molecule has 5 nitrogen and oxygen atoms in total. The lowest BCUT2D eigenvalue weighted by Crippen LogP contribution is -2.46. The van der Waals surface area contributed by atoms with E-state index in [4.69, 9.17) is 0 Å². The Morgan fingerprint density at radius 1 is 1.38 bits per heavy atom. The van der Waals surface area contributed by atoms with E-state index in [1.54, 1.807) is 4.90 Å². The fraction of sp³-hybridized carbons (Fsp3) is 0.600. The molecule has 1 saturated carbocycles. The third kappa shape index (κ3) is 3.60. The summed E-state index contributed by atoms with van der Waals surface area (Å²) in [5.41, 5.74) is 1.68. The molecule has 1 N–H and O–H groups in total. The summed E-state index contributed by atoms with van der Waals surface area (Å²) in [6.45, 7) is 5.76. The average Bonchev–Trinajstić information content (AvgIpc) is 3.13. The quantitative estimate of drug-likeness (QED) is 0.853. The Hall–Kier alpha value is -1.59. The summed E-state index contributed by atoms with van der Waals surface area (Å²) in [7, 11) is 1.83. The van der Waals surface area contributed by atoms with Crippen molar-refractivity contribution in [3.05, 3.63) is 35.4 Å². The Balaban J connectivity index is 0.00000243. The van der Waals surface area contributed by atoms with E-state index in [9.17, 15) is 14.7 Å². The standard InChI is InChI=1S/C20H28N2O3.ClH/c1-14-7-4-5-8-16(14)11-21(3)18(23)15(2)22-12-17-9-6-10-20(17,13-22)19(24)25;/h4-5,7-8,15,17H,6,9-13H2,1-3H3,(H,24,25);1H/t15?,17-,20+;/m0./s1. The van der Waals surface area contributed by atoms with Gasteiger partial charge < -0.3 is 10.0 Å². The Bertz CT molecular complexity index is 681. The third-order valence-electron chi connectivity index (χ3n) is 6.27. The third-order valence-corrected chi connectivity index (χ3v) is 6.27. The molecule has 2 fully saturated rings. The first-order valence-corrected chi connectivity index (χ1v) is 9.12. The molecule has 1 aromatic rings. The monoisotopic (exact) mass is 380 g/mol. The molecule has 0 spiro atoms. The maximum absolute atomic E-state index is 12.9. The van der Waals surface area contributed by atoms with Crippen molar-refractivity contribution in [2.45, 2.75) is 45.7 Å². The van der Waals surface area contributed by atoms with Crippen LogP contribution in [0.1, 0.15) is 37.3 Å². The fourth-order valence-corrected chi connectivity index (χ4v) is 4.57. The zero-order valence-electron chi connectivity index (χ0n) is 15.8. The lowest BCUT2D eigenvalue weighted by Gasteiger charge is -2.30. The van der Waals surface area contributed by atoms with Crippen molar-refractivity contribution in [3.8, 4) is 0 Å². The molecule has 0 radical (unpaired) electrons. The van der Waals surface area contributed by atoms with Crippen LogP contribution in [0.25, 0.3) is 0 Å². The first-order chi connectivity index (χ1) is 11.8. The van der Waals surface area contributed by atoms with Gasteiger partial charge in [-0.15, -0.1) is 12.4 Å². The molecule has 1 heterocycles. The smallest absolute Gasteiger partial charge is 0.311 e. The highest BCUT2D eigenvalue weighted by Crippen LogP contribution is 2.49. The number of halogens is 1. The number of hydrogen-bond donors (Lipinski definition) is 1. The summed E-state index contributed by atoms with van der Waals surface area (Å²) in [6.07, 6.45) is 2.69. The first-order valence-electron chi connectivity index (χ1n) is 9.12. The van der Waals surface area contributed by atoms with Gasteiger partial charge in [0.25, 0.3) is 0 Å². The molecule has 144 valence electrons. The minimum atomic E-state index is -0.689. The number of aryl methyl sites for hydroxylation is 1. The SMILES string of the molecule is Cc1ccccc1CN(C)C(=O)C(C)N1C[C@@H]2CCC[C@@]2(C(=O)O)C1.Cl. The molecule has 0 bridgehead atoms. The van der Waals surface area contributed by atoms with Crippen molar-refractivity contribution in [3.63, 3.8) is 0 Å². The number of amides is 1. The van der Waals surface area contributed by atoms with Gasteiger partial charge in [-0.1, -0.05) is 30.7 Å². The van der Waals surface area contributed by atoms with Crippen LogP contribution in [0.3, 0.4) is 0 Å². The largest absolute Gasteiger partial charge is 0.481 e. The van der Waals surface area contributed by atoms with Gasteiger partial charge in [0, 0.05) is 26.7 Å². The van der Waals surface area contributed by atoms with Crippen LogP contribution < -0.4 is 0 Å². The molecule has 3 atom stereocenters. The van der Waals surface area contributed by atoms with Crippen LogP contribution in [-0.4, -0.2) is 53.0 Å². The van der Waals surface area contributed by atoms with E-state index in [1.165, 1.54) is 5.56 Å². The van der Waals surface area contributed by atoms with Gasteiger partial charge in [0.15, 0.2) is 0 Å². The number of nitrogens with zero attached hydrogens (tertiary/aromatic N) is 2. The van der Waals surface area contributed by atoms with E-state index in [0.29, 0.717) is 13.1 Å². The summed E-state index contributed by atoms with van der Waals surface area (Å²) in [5, 5.41) is 9.72. The number of carbonyl (C=O) groups is 2. The molecule has 1 amide bonds. The second-order valence-electron chi connectivity index (χ2n) is 7.78. The van der Waals surface area contributed by atoms with Crippen molar-refractivity contribution >= 4 is 24.3 Å². The van der Waals surface area contributed by atoms with E-state index in [1.807, 2.05) is 32.2 Å². The molecular weight excluding hydrogens is 352 g/mol. The Labute approximate surface area is 161 Å². The molecule has 3 rings (SSSR count). The van der Waals surface area contributed by atoms with Crippen LogP contribution >= 0.6 is 12.4 Å². The molecule has 1 aromatic carbocycles. The van der Waals surface area contributed by atoms with Gasteiger partial charge in [-0.3, -0.25) is 14.5 Å². The Morgan fingerprint density at radius 3 is 2.69 bits per heavy atom. The number of carboxylic acids is 1. The van der Waals surface area contributed by atoms with E-state index in [2.05, 4.69) is 17.9 Å². The summed E-state index contributed by atoms with van der Waals surface area (Å²) >= 11 is 0. The predicted molar refractivity (Wildman–Crippen MR) is 103 cm³/mol. The molecular formula is C20H29ClN2O3. The van der Waals surface area contributed by atoms with Crippen molar-refractivity contribution < 1.29 is 14.7 Å². The van der Waals surface area contributed by atoms with E-state index in [-0.39, 0.29) is 30.3 Å². The molecule has 1 saturated heterocycles. The number of fused-ring (bicyclic) bond motifs is 1. The predicted octanol–water partition coefficient (Wildman–Crippen LogP) is 2.95. The number of carbonyl (C=O) groups excluding carboxylic acids is 1. The van der Waals surface area contributed by atoms with E-state index in [0.717, 1.165) is 31.4 Å². The normalized spacial score (nSPS) is 26.0. The maximum Gasteiger partial charge on any atom is 0.311 e. The van der Waals surface area contributed by atoms with Crippen molar-refractivity contribution in [1.82, 2.24) is 9.80 Å². The zero-order chi connectivity index (χ0) is 18.2. The highest BCUT2D eigenvalue weighted by Gasteiger charge is 2.55. The topological polar surface area (TPSA) is 60.9 Å². The van der Waals surface area contributed by atoms with Crippen LogP contribution in [0.5, 0.6) is 0 Å². The molecule has 1 aliphatic heterocycles. The number of benzene rings is 1. The van der Waals surface area contributed by atoms with Gasteiger partial charge >= 0.3 is 5.97 Å². The molecule has 2 aliphatic rings. The first kappa shape index (κ1) is 20.7. The number of hydrogen-bond acceptors (Lipinski definition) is 3. The van der Waals surface area contributed by atoms with E-state index >= 15 is 0 Å². The van der Waals surface area contributed by atoms with Crippen molar-refractivity contribution in [2.24, 2.45) is 11.3 Å². The van der Waals surface area contributed by atoms with Gasteiger partial charge in [-0.25, -0.2) is 0 Å². The van der Waals surface area contributed by atoms with Crippen LogP contribution in [0.4, 0.5) is 0 Å². The second-order valence-corrected chi connectivity index (χ2v) is 7.78. The number of rotatable bonds is 5. The van der Waals surface area contributed by atoms with Gasteiger partial charge in [0.05, 0.1) is 11.5 Å². The number of likely N-dealkylation sites (N-methyl/N-ethyl adjacent to an activating group) is 1. The summed E-state index contributed by atoms with van der Waals surface area (Å²) in [6, 6.07) is 7.80. The highest BCUT2D eigenvalue weighted by atomic mass is 35.5. The van der Waals surface area contributed by atoms with Crippen LogP contribution in [-0.2, 0) is 16.1 Å². The highest BCUT2D eigenvalue weighted by molar-refractivity contribution is 5.85. The van der Waals surface area contributed by atoms with Gasteiger partial charge in [-0.2, -0.15) is 0 Å². The average molecular weight is 381 g/mol. The Morgan fingerprint density at radius 2 is 2.08 bits per heavy atom. The summed E-state index contributed by atoms with van der Waals surface area (Å²) in [5.74, 6) is -0.448. The lowest BCUT2D eigenvalue weighted by molar-refractivity contribution is -0.150.